The van der Waals surface area contributed by atoms with E-state index in [1.807, 2.05) is 0 Å². The number of anilines is 1. The van der Waals surface area contributed by atoms with Crippen LogP contribution in [0.25, 0.3) is 0 Å². The van der Waals surface area contributed by atoms with Crippen LogP contribution in [0.1, 0.15) is 5.56 Å². The van der Waals surface area contributed by atoms with Gasteiger partial charge in [-0.15, -0.1) is 0 Å². The first-order valence-electron chi connectivity index (χ1n) is 5.89. The van der Waals surface area contributed by atoms with E-state index < -0.39 is 23.9 Å². The number of hydrogen-bond acceptors (Lipinski definition) is 4. The zero-order valence-corrected chi connectivity index (χ0v) is 11.5. The molecule has 2 N–H and O–H groups in total. The number of rotatable bonds is 5. The second kappa shape index (κ2) is 7.56. The van der Waals surface area contributed by atoms with E-state index in [0.29, 0.717) is 0 Å². The molecule has 0 aliphatic carbocycles. The molecule has 0 spiro atoms. The molecule has 0 aromatic heterocycles. The molecule has 0 saturated carbocycles. The Hall–Kier alpha value is -1.99. The fourth-order valence-corrected chi connectivity index (χ4v) is 1.44. The molecule has 110 valence electrons. The summed E-state index contributed by atoms with van der Waals surface area (Å²) in [4.78, 5) is 23.2. The summed E-state index contributed by atoms with van der Waals surface area (Å²) in [6.45, 7) is 1.54. The van der Waals surface area contributed by atoms with E-state index in [2.05, 4.69) is 10.6 Å². The van der Waals surface area contributed by atoms with Crippen molar-refractivity contribution >= 4 is 17.5 Å². The third-order valence-electron chi connectivity index (χ3n) is 2.68. The molecule has 0 aliphatic heterocycles. The Kier molecular flexibility index (Phi) is 6.08. The number of amides is 2. The quantitative estimate of drug-likeness (QED) is 0.619. The molecular formula is C13H17FN2O4. The average molecular weight is 284 g/mol. The van der Waals surface area contributed by atoms with Crippen LogP contribution in [0.4, 0.5) is 10.1 Å². The van der Waals surface area contributed by atoms with Crippen molar-refractivity contribution in [3.05, 3.63) is 29.6 Å². The van der Waals surface area contributed by atoms with Crippen LogP contribution in [0.3, 0.4) is 0 Å². The van der Waals surface area contributed by atoms with Crippen LogP contribution in [0.15, 0.2) is 18.2 Å². The summed E-state index contributed by atoms with van der Waals surface area (Å²) in [6, 6.07) is 4.23. The van der Waals surface area contributed by atoms with E-state index in [1.54, 1.807) is 0 Å². The number of methoxy groups -OCH3 is 2. The number of benzene rings is 1. The summed E-state index contributed by atoms with van der Waals surface area (Å²) in [5.74, 6) is -2.19. The lowest BCUT2D eigenvalue weighted by atomic mass is 10.2. The standard InChI is InChI=1S/C13H17FN2O4/c1-8-9(14)5-4-6-10(8)16-13(18)12(17)15-7-11(19-2)20-3/h4-6,11H,7H2,1-3H3,(H,15,17)(H,16,18). The van der Waals surface area contributed by atoms with Crippen molar-refractivity contribution < 1.29 is 23.5 Å². The van der Waals surface area contributed by atoms with Gasteiger partial charge in [0, 0.05) is 25.5 Å². The lowest BCUT2D eigenvalue weighted by Gasteiger charge is -2.14. The van der Waals surface area contributed by atoms with Crippen LogP contribution in [-0.4, -0.2) is 38.9 Å². The van der Waals surface area contributed by atoms with Crippen LogP contribution < -0.4 is 10.6 Å². The molecule has 0 fully saturated rings. The largest absolute Gasteiger partial charge is 0.354 e. The first-order chi connectivity index (χ1) is 9.49. The summed E-state index contributed by atoms with van der Waals surface area (Å²) >= 11 is 0. The van der Waals surface area contributed by atoms with Crippen molar-refractivity contribution in [3.63, 3.8) is 0 Å². The predicted octanol–water partition coefficient (Wildman–Crippen LogP) is 0.808. The molecule has 6 nitrogen and oxygen atoms in total. The Morgan fingerprint density at radius 1 is 1.25 bits per heavy atom. The summed E-state index contributed by atoms with van der Waals surface area (Å²) in [6.07, 6.45) is -0.636. The zero-order chi connectivity index (χ0) is 15.1. The van der Waals surface area contributed by atoms with E-state index in [9.17, 15) is 14.0 Å². The zero-order valence-electron chi connectivity index (χ0n) is 11.5. The van der Waals surface area contributed by atoms with E-state index in [-0.39, 0.29) is 17.8 Å². The SMILES string of the molecule is COC(CNC(=O)C(=O)Nc1cccc(F)c1C)OC. The third-order valence-corrected chi connectivity index (χ3v) is 2.68. The van der Waals surface area contributed by atoms with Crippen molar-refractivity contribution in [2.45, 2.75) is 13.2 Å². The summed E-state index contributed by atoms with van der Waals surface area (Å²) in [5.41, 5.74) is 0.514. The topological polar surface area (TPSA) is 76.7 Å². The van der Waals surface area contributed by atoms with Gasteiger partial charge in [-0.3, -0.25) is 9.59 Å². The minimum Gasteiger partial charge on any atom is -0.354 e. The molecule has 1 aromatic carbocycles. The molecule has 0 saturated heterocycles. The Bertz CT molecular complexity index is 489. The molecule has 0 bridgehead atoms. The maximum absolute atomic E-state index is 13.3. The first-order valence-corrected chi connectivity index (χ1v) is 5.89. The predicted molar refractivity (Wildman–Crippen MR) is 70.6 cm³/mol. The lowest BCUT2D eigenvalue weighted by molar-refractivity contribution is -0.139. The Balaban J connectivity index is 2.58. The highest BCUT2D eigenvalue weighted by molar-refractivity contribution is 6.39. The van der Waals surface area contributed by atoms with Crippen LogP contribution in [-0.2, 0) is 19.1 Å². The van der Waals surface area contributed by atoms with E-state index >= 15 is 0 Å². The maximum atomic E-state index is 13.3. The molecule has 0 atom stereocenters. The fourth-order valence-electron chi connectivity index (χ4n) is 1.44. The van der Waals surface area contributed by atoms with Crippen LogP contribution in [0, 0.1) is 12.7 Å². The van der Waals surface area contributed by atoms with Gasteiger partial charge < -0.3 is 20.1 Å². The van der Waals surface area contributed by atoms with E-state index in [0.717, 1.165) is 0 Å². The molecule has 0 heterocycles. The van der Waals surface area contributed by atoms with Gasteiger partial charge >= 0.3 is 11.8 Å². The Labute approximate surface area is 116 Å². The molecule has 0 radical (unpaired) electrons. The van der Waals surface area contributed by atoms with Gasteiger partial charge in [0.05, 0.1) is 6.54 Å². The first kappa shape index (κ1) is 16.1. The molecule has 1 aromatic rings. The highest BCUT2D eigenvalue weighted by Crippen LogP contribution is 2.17. The molecule has 2 amide bonds. The molecule has 20 heavy (non-hydrogen) atoms. The number of nitrogens with one attached hydrogen (secondary N) is 2. The fraction of sp³-hybridized carbons (Fsp3) is 0.385. The number of carbonyl (C=O) groups excluding carboxylic acids is 2. The third kappa shape index (κ3) is 4.29. The van der Waals surface area contributed by atoms with Crippen molar-refractivity contribution in [2.75, 3.05) is 26.1 Å². The van der Waals surface area contributed by atoms with Gasteiger partial charge in [0.2, 0.25) is 0 Å². The van der Waals surface area contributed by atoms with Crippen molar-refractivity contribution in [1.82, 2.24) is 5.32 Å². The van der Waals surface area contributed by atoms with E-state index in [4.69, 9.17) is 9.47 Å². The molecule has 1 rings (SSSR count). The smallest absolute Gasteiger partial charge is 0.313 e. The van der Waals surface area contributed by atoms with E-state index in [1.165, 1.54) is 39.3 Å². The number of ether oxygens (including phenoxy) is 2. The second-order valence-electron chi connectivity index (χ2n) is 3.98. The van der Waals surface area contributed by atoms with Crippen molar-refractivity contribution in [2.24, 2.45) is 0 Å². The minimum atomic E-state index is -0.885. The van der Waals surface area contributed by atoms with Gasteiger partial charge in [0.25, 0.3) is 0 Å². The lowest BCUT2D eigenvalue weighted by Crippen LogP contribution is -2.40. The number of carbonyl (C=O) groups is 2. The van der Waals surface area contributed by atoms with Gasteiger partial charge in [-0.05, 0) is 19.1 Å². The monoisotopic (exact) mass is 284 g/mol. The van der Waals surface area contributed by atoms with Gasteiger partial charge in [-0.1, -0.05) is 6.07 Å². The van der Waals surface area contributed by atoms with Crippen molar-refractivity contribution in [1.29, 1.82) is 0 Å². The molecule has 0 unspecified atom stereocenters. The van der Waals surface area contributed by atoms with Gasteiger partial charge in [0.15, 0.2) is 6.29 Å². The summed E-state index contributed by atoms with van der Waals surface area (Å²) in [7, 11) is 2.83. The second-order valence-corrected chi connectivity index (χ2v) is 3.98. The average Bonchev–Trinajstić information content (AvgIpc) is 2.44. The number of hydrogen-bond donors (Lipinski definition) is 2. The van der Waals surface area contributed by atoms with Crippen LogP contribution in [0.5, 0.6) is 0 Å². The van der Waals surface area contributed by atoms with Crippen molar-refractivity contribution in [3.8, 4) is 0 Å². The molecular weight excluding hydrogens is 267 g/mol. The van der Waals surface area contributed by atoms with Crippen LogP contribution in [0.2, 0.25) is 0 Å². The van der Waals surface area contributed by atoms with Crippen LogP contribution >= 0.6 is 0 Å². The summed E-state index contributed by atoms with van der Waals surface area (Å²) < 4.78 is 23.0. The minimum absolute atomic E-state index is 0.0292. The van der Waals surface area contributed by atoms with Gasteiger partial charge in [0.1, 0.15) is 5.82 Å². The number of halogens is 1. The normalized spacial score (nSPS) is 10.4. The van der Waals surface area contributed by atoms with Gasteiger partial charge in [-0.2, -0.15) is 0 Å². The maximum Gasteiger partial charge on any atom is 0.313 e. The highest BCUT2D eigenvalue weighted by Gasteiger charge is 2.17. The molecule has 7 heteroatoms. The Morgan fingerprint density at radius 3 is 2.50 bits per heavy atom. The summed E-state index contributed by atoms with van der Waals surface area (Å²) in [5, 5.41) is 4.68. The Morgan fingerprint density at radius 2 is 1.90 bits per heavy atom. The van der Waals surface area contributed by atoms with Gasteiger partial charge in [-0.25, -0.2) is 4.39 Å². The highest BCUT2D eigenvalue weighted by atomic mass is 19.1. The molecule has 0 aliphatic rings.